The van der Waals surface area contributed by atoms with Gasteiger partial charge < -0.3 is 18.9 Å². The minimum absolute atomic E-state index is 0.712. The Hall–Kier alpha value is -3.84. The zero-order chi connectivity index (χ0) is 27.1. The normalized spacial score (nSPS) is 9.95. The lowest BCUT2D eigenvalue weighted by molar-refractivity contribution is 0.414. The third-order valence-electron chi connectivity index (χ3n) is 5.75. The van der Waals surface area contributed by atoms with Crippen LogP contribution in [0.2, 0.25) is 0 Å². The average Bonchev–Trinajstić information content (AvgIpc) is 2.96. The highest BCUT2D eigenvalue weighted by molar-refractivity contribution is 9.10. The predicted molar refractivity (Wildman–Crippen MR) is 158 cm³/mol. The Morgan fingerprint density at radius 1 is 0.421 bits per heavy atom. The van der Waals surface area contributed by atoms with Crippen molar-refractivity contribution >= 4 is 31.9 Å². The van der Waals surface area contributed by atoms with E-state index in [0.29, 0.717) is 11.5 Å². The first-order chi connectivity index (χ1) is 18.4. The molecule has 190 valence electrons. The molecule has 0 radical (unpaired) electrons. The van der Waals surface area contributed by atoms with Gasteiger partial charge in [-0.2, -0.15) is 0 Å². The summed E-state index contributed by atoms with van der Waals surface area (Å²) < 4.78 is 23.5. The van der Waals surface area contributed by atoms with Crippen LogP contribution in [0.15, 0.2) is 81.7 Å². The van der Waals surface area contributed by atoms with E-state index in [1.807, 2.05) is 72.8 Å². The number of halogens is 2. The van der Waals surface area contributed by atoms with Gasteiger partial charge in [0.15, 0.2) is 0 Å². The molecular formula is C32H24Br2O4. The van der Waals surface area contributed by atoms with Crippen LogP contribution in [0, 0.1) is 23.7 Å². The number of ether oxygens (including phenoxy) is 4. The van der Waals surface area contributed by atoms with Gasteiger partial charge in [-0.15, -0.1) is 0 Å². The van der Waals surface area contributed by atoms with Crippen molar-refractivity contribution in [3.05, 3.63) is 104 Å². The quantitative estimate of drug-likeness (QED) is 0.211. The van der Waals surface area contributed by atoms with E-state index < -0.39 is 0 Å². The van der Waals surface area contributed by atoms with Crippen molar-refractivity contribution in [3.63, 3.8) is 0 Å². The Labute approximate surface area is 240 Å². The molecule has 0 N–H and O–H groups in total. The molecule has 0 saturated carbocycles. The van der Waals surface area contributed by atoms with E-state index in [9.17, 15) is 0 Å². The van der Waals surface area contributed by atoms with E-state index >= 15 is 0 Å². The largest absolute Gasteiger partial charge is 0.497 e. The maximum atomic E-state index is 5.50. The molecule has 0 heterocycles. The highest BCUT2D eigenvalue weighted by Gasteiger charge is 2.11. The SMILES string of the molecule is COc1ccc(Br)c(C#Cc2cc(OC)ccc2-c2ccc(OC)cc2C#Cc2cc(OC)ccc2Br)c1. The molecule has 0 aromatic heterocycles. The molecule has 0 atom stereocenters. The van der Waals surface area contributed by atoms with Crippen LogP contribution in [-0.4, -0.2) is 28.4 Å². The van der Waals surface area contributed by atoms with Gasteiger partial charge in [0.25, 0.3) is 0 Å². The van der Waals surface area contributed by atoms with Crippen LogP contribution in [-0.2, 0) is 0 Å². The Bertz CT molecular complexity index is 1480. The first-order valence-electron chi connectivity index (χ1n) is 11.5. The molecule has 4 aromatic carbocycles. The van der Waals surface area contributed by atoms with Crippen molar-refractivity contribution in [2.75, 3.05) is 28.4 Å². The fraction of sp³-hybridized carbons (Fsp3) is 0.125. The second-order valence-electron chi connectivity index (χ2n) is 8.01. The molecule has 0 fully saturated rings. The van der Waals surface area contributed by atoms with E-state index in [0.717, 1.165) is 53.8 Å². The minimum atomic E-state index is 0.712. The van der Waals surface area contributed by atoms with Crippen LogP contribution in [0.5, 0.6) is 23.0 Å². The third kappa shape index (κ3) is 6.34. The molecule has 0 bridgehead atoms. The van der Waals surface area contributed by atoms with E-state index in [1.165, 1.54) is 0 Å². The summed E-state index contributed by atoms with van der Waals surface area (Å²) in [6, 6.07) is 23.1. The van der Waals surface area contributed by atoms with Gasteiger partial charge in [-0.25, -0.2) is 0 Å². The first-order valence-corrected chi connectivity index (χ1v) is 13.1. The monoisotopic (exact) mass is 630 g/mol. The molecule has 4 aromatic rings. The Kier molecular flexibility index (Phi) is 9.02. The van der Waals surface area contributed by atoms with Crippen LogP contribution >= 0.6 is 31.9 Å². The summed E-state index contributed by atoms with van der Waals surface area (Å²) in [6.07, 6.45) is 0. The smallest absolute Gasteiger partial charge is 0.120 e. The maximum Gasteiger partial charge on any atom is 0.120 e. The van der Waals surface area contributed by atoms with Gasteiger partial charge in [0.2, 0.25) is 0 Å². The van der Waals surface area contributed by atoms with Gasteiger partial charge in [-0.1, -0.05) is 23.7 Å². The first kappa shape index (κ1) is 27.2. The Balaban J connectivity index is 1.87. The van der Waals surface area contributed by atoms with E-state index in [-0.39, 0.29) is 0 Å². The van der Waals surface area contributed by atoms with Gasteiger partial charge in [-0.3, -0.25) is 0 Å². The third-order valence-corrected chi connectivity index (χ3v) is 7.14. The van der Waals surface area contributed by atoms with Crippen LogP contribution < -0.4 is 18.9 Å². The molecule has 0 amide bonds. The van der Waals surface area contributed by atoms with Crippen LogP contribution in [0.3, 0.4) is 0 Å². The summed E-state index contributed by atoms with van der Waals surface area (Å²) in [7, 11) is 6.55. The van der Waals surface area contributed by atoms with E-state index in [2.05, 4.69) is 55.5 Å². The topological polar surface area (TPSA) is 36.9 Å². The van der Waals surface area contributed by atoms with Crippen molar-refractivity contribution in [1.29, 1.82) is 0 Å². The molecule has 4 rings (SSSR count). The molecule has 0 aliphatic carbocycles. The summed E-state index contributed by atoms with van der Waals surface area (Å²) in [6.45, 7) is 0. The predicted octanol–water partition coefficient (Wildman–Crippen LogP) is 7.71. The molecule has 38 heavy (non-hydrogen) atoms. The molecule has 4 nitrogen and oxygen atoms in total. The summed E-state index contributed by atoms with van der Waals surface area (Å²) >= 11 is 7.17. The maximum absolute atomic E-state index is 5.50. The van der Waals surface area contributed by atoms with Gasteiger partial charge in [0.1, 0.15) is 23.0 Å². The summed E-state index contributed by atoms with van der Waals surface area (Å²) in [4.78, 5) is 0. The number of benzene rings is 4. The lowest BCUT2D eigenvalue weighted by Gasteiger charge is -2.11. The lowest BCUT2D eigenvalue weighted by atomic mass is 9.94. The van der Waals surface area contributed by atoms with Crippen molar-refractivity contribution < 1.29 is 18.9 Å². The summed E-state index contributed by atoms with van der Waals surface area (Å²) in [5.74, 6) is 16.1. The van der Waals surface area contributed by atoms with Crippen LogP contribution in [0.1, 0.15) is 22.3 Å². The highest BCUT2D eigenvalue weighted by atomic mass is 79.9. The van der Waals surface area contributed by atoms with Gasteiger partial charge in [-0.05, 0) is 116 Å². The number of hydrogen-bond donors (Lipinski definition) is 0. The molecule has 6 heteroatoms. The van der Waals surface area contributed by atoms with Gasteiger partial charge >= 0.3 is 0 Å². The summed E-state index contributed by atoms with van der Waals surface area (Å²) in [5.41, 5.74) is 5.08. The van der Waals surface area contributed by atoms with Crippen LogP contribution in [0.25, 0.3) is 11.1 Å². The number of hydrogen-bond acceptors (Lipinski definition) is 4. The van der Waals surface area contributed by atoms with Crippen molar-refractivity contribution in [2.24, 2.45) is 0 Å². The van der Waals surface area contributed by atoms with Crippen molar-refractivity contribution in [1.82, 2.24) is 0 Å². The standard InChI is InChI=1S/C32H24Br2O4/c1-35-25-9-13-29(21(17-25)5-7-23-19-27(37-3)11-15-31(23)33)30-14-10-26(36-2)18-22(30)6-8-24-20-28(38-4)12-16-32(24)34/h9-20H,1-4H3. The fourth-order valence-corrected chi connectivity index (χ4v) is 4.39. The molecular weight excluding hydrogens is 608 g/mol. The Morgan fingerprint density at radius 2 is 0.711 bits per heavy atom. The molecule has 0 saturated heterocycles. The van der Waals surface area contributed by atoms with E-state index in [1.54, 1.807) is 28.4 Å². The number of rotatable bonds is 5. The fourth-order valence-electron chi connectivity index (χ4n) is 3.70. The van der Waals surface area contributed by atoms with E-state index in [4.69, 9.17) is 18.9 Å². The molecule has 0 spiro atoms. The summed E-state index contributed by atoms with van der Waals surface area (Å²) in [5, 5.41) is 0. The van der Waals surface area contributed by atoms with Crippen molar-refractivity contribution in [3.8, 4) is 57.8 Å². The van der Waals surface area contributed by atoms with Gasteiger partial charge in [0, 0.05) is 31.2 Å². The zero-order valence-electron chi connectivity index (χ0n) is 21.3. The average molecular weight is 632 g/mol. The molecule has 0 aliphatic heterocycles. The zero-order valence-corrected chi connectivity index (χ0v) is 24.5. The van der Waals surface area contributed by atoms with Gasteiger partial charge in [0.05, 0.1) is 28.4 Å². The molecule has 0 unspecified atom stereocenters. The second kappa shape index (κ2) is 12.6. The second-order valence-corrected chi connectivity index (χ2v) is 9.72. The molecule has 0 aliphatic rings. The lowest BCUT2D eigenvalue weighted by Crippen LogP contribution is -1.93. The van der Waals surface area contributed by atoms with Crippen LogP contribution in [0.4, 0.5) is 0 Å². The number of methoxy groups -OCH3 is 4. The highest BCUT2D eigenvalue weighted by Crippen LogP contribution is 2.32. The minimum Gasteiger partial charge on any atom is -0.497 e. The Morgan fingerprint density at radius 3 is 1.05 bits per heavy atom. The van der Waals surface area contributed by atoms with Crippen molar-refractivity contribution in [2.45, 2.75) is 0 Å².